The number of para-hydroxylation sites is 1. The molecule has 5 N–H and O–H groups in total. The molecule has 6 nitrogen and oxygen atoms in total. The Balaban J connectivity index is 2.18. The van der Waals surface area contributed by atoms with Crippen LogP contribution in [-0.2, 0) is 4.79 Å². The number of rotatable bonds is 7. The molecule has 25 heavy (non-hydrogen) atoms. The summed E-state index contributed by atoms with van der Waals surface area (Å²) in [6, 6.07) is 14.0. The Morgan fingerprint density at radius 1 is 1.20 bits per heavy atom. The van der Waals surface area contributed by atoms with Gasteiger partial charge < -0.3 is 26.5 Å². The lowest BCUT2D eigenvalue weighted by atomic mass is 10.0. The van der Waals surface area contributed by atoms with Crippen molar-refractivity contribution in [3.05, 3.63) is 65.9 Å². The average molecular weight is 338 g/mol. The zero-order valence-electron chi connectivity index (χ0n) is 14.2. The highest BCUT2D eigenvalue weighted by Crippen LogP contribution is 2.26. The van der Waals surface area contributed by atoms with E-state index in [1.165, 1.54) is 12.4 Å². The summed E-state index contributed by atoms with van der Waals surface area (Å²) >= 11 is 0. The molecule has 0 aliphatic rings. The Hall–Kier alpha value is -3.12. The van der Waals surface area contributed by atoms with Crippen LogP contribution in [-0.4, -0.2) is 26.3 Å². The van der Waals surface area contributed by atoms with E-state index in [9.17, 15) is 4.79 Å². The van der Waals surface area contributed by atoms with Crippen LogP contribution in [0.3, 0.4) is 0 Å². The molecule has 0 heterocycles. The minimum absolute atomic E-state index is 0.193. The van der Waals surface area contributed by atoms with Crippen molar-refractivity contribution in [2.75, 3.05) is 19.5 Å². The minimum Gasteiger partial charge on any atom is -0.496 e. The van der Waals surface area contributed by atoms with Gasteiger partial charge in [0.1, 0.15) is 11.8 Å². The second kappa shape index (κ2) is 8.65. The molecular weight excluding hydrogens is 316 g/mol. The Labute approximate surface area is 147 Å². The van der Waals surface area contributed by atoms with E-state index in [0.717, 1.165) is 11.1 Å². The molecule has 2 aromatic carbocycles. The lowest BCUT2D eigenvalue weighted by molar-refractivity contribution is -0.118. The highest BCUT2D eigenvalue weighted by Gasteiger charge is 2.22. The first-order valence-electron chi connectivity index (χ1n) is 7.78. The zero-order chi connectivity index (χ0) is 18.2. The molecule has 0 radical (unpaired) electrons. The molecule has 2 aromatic rings. The number of amides is 1. The first kappa shape index (κ1) is 18.2. The van der Waals surface area contributed by atoms with Crippen molar-refractivity contribution in [3.8, 4) is 5.75 Å². The number of nitrogens with one attached hydrogen (secondary N) is 3. The van der Waals surface area contributed by atoms with E-state index in [-0.39, 0.29) is 5.91 Å². The first-order valence-corrected chi connectivity index (χ1v) is 7.78. The van der Waals surface area contributed by atoms with Crippen LogP contribution < -0.4 is 21.1 Å². The van der Waals surface area contributed by atoms with Gasteiger partial charge in [0.05, 0.1) is 7.11 Å². The molecule has 0 saturated carbocycles. The number of allylic oxidation sites excluding steroid dienone is 1. The molecular formula is C19H22N4O2. The van der Waals surface area contributed by atoms with Crippen LogP contribution in [0.25, 0.3) is 5.57 Å². The molecule has 0 fully saturated rings. The van der Waals surface area contributed by atoms with Crippen LogP contribution in [0, 0.1) is 5.41 Å². The van der Waals surface area contributed by atoms with E-state index in [1.807, 2.05) is 24.3 Å². The van der Waals surface area contributed by atoms with Crippen LogP contribution in [0.5, 0.6) is 5.75 Å². The number of nitrogens with two attached hydrogens (primary N) is 1. The summed E-state index contributed by atoms with van der Waals surface area (Å²) in [5.41, 5.74) is 8.32. The molecule has 2 rings (SSSR count). The van der Waals surface area contributed by atoms with Crippen LogP contribution in [0.15, 0.2) is 54.7 Å². The fraction of sp³-hybridized carbons (Fsp3) is 0.158. The van der Waals surface area contributed by atoms with E-state index in [1.54, 1.807) is 38.4 Å². The lowest BCUT2D eigenvalue weighted by Gasteiger charge is -2.19. The van der Waals surface area contributed by atoms with E-state index in [0.29, 0.717) is 17.0 Å². The van der Waals surface area contributed by atoms with Gasteiger partial charge in [0.25, 0.3) is 0 Å². The molecule has 1 atom stereocenters. The smallest absolute Gasteiger partial charge is 0.246 e. The van der Waals surface area contributed by atoms with Gasteiger partial charge in [-0.1, -0.05) is 30.3 Å². The van der Waals surface area contributed by atoms with E-state index < -0.39 is 6.04 Å². The van der Waals surface area contributed by atoms with Gasteiger partial charge in [-0.15, -0.1) is 0 Å². The fourth-order valence-electron chi connectivity index (χ4n) is 2.52. The molecule has 0 spiro atoms. The average Bonchev–Trinajstić information content (AvgIpc) is 2.65. The summed E-state index contributed by atoms with van der Waals surface area (Å²) in [6.07, 6.45) is 2.56. The van der Waals surface area contributed by atoms with Crippen molar-refractivity contribution < 1.29 is 9.53 Å². The summed E-state index contributed by atoms with van der Waals surface area (Å²) in [5.74, 6) is 0.456. The number of methoxy groups -OCH3 is 1. The first-order chi connectivity index (χ1) is 12.1. The van der Waals surface area contributed by atoms with Crippen LogP contribution >= 0.6 is 0 Å². The van der Waals surface area contributed by atoms with E-state index >= 15 is 0 Å². The topological polar surface area (TPSA) is 100 Å². The Kier molecular flexibility index (Phi) is 6.31. The largest absolute Gasteiger partial charge is 0.496 e. The molecule has 0 saturated heterocycles. The zero-order valence-corrected chi connectivity index (χ0v) is 14.2. The highest BCUT2D eigenvalue weighted by molar-refractivity contribution is 6.08. The van der Waals surface area contributed by atoms with Gasteiger partial charge >= 0.3 is 0 Å². The number of hydrogen-bond acceptors (Lipinski definition) is 5. The molecule has 0 bridgehead atoms. The second-order valence-corrected chi connectivity index (χ2v) is 5.30. The third-order valence-electron chi connectivity index (χ3n) is 3.82. The predicted molar refractivity (Wildman–Crippen MR) is 101 cm³/mol. The lowest BCUT2D eigenvalue weighted by Crippen LogP contribution is -2.31. The van der Waals surface area contributed by atoms with Crippen molar-refractivity contribution in [2.24, 2.45) is 5.73 Å². The van der Waals surface area contributed by atoms with Crippen molar-refractivity contribution in [1.29, 1.82) is 5.41 Å². The van der Waals surface area contributed by atoms with Gasteiger partial charge in [0, 0.05) is 29.2 Å². The van der Waals surface area contributed by atoms with Crippen molar-refractivity contribution in [3.63, 3.8) is 0 Å². The SMILES string of the molecule is CNC(C(=O)Nc1ccc(/C(C=N)=C/N)cc1)c1ccccc1OC. The van der Waals surface area contributed by atoms with Gasteiger partial charge in [-0.25, -0.2) is 0 Å². The molecule has 0 aliphatic carbocycles. The summed E-state index contributed by atoms with van der Waals surface area (Å²) in [7, 11) is 3.30. The number of carbonyl (C=O) groups excluding carboxylic acids is 1. The third kappa shape index (κ3) is 4.24. The molecule has 1 amide bonds. The number of benzene rings is 2. The fourth-order valence-corrected chi connectivity index (χ4v) is 2.52. The van der Waals surface area contributed by atoms with Gasteiger partial charge in [0.15, 0.2) is 0 Å². The number of ether oxygens (including phenoxy) is 1. The Bertz CT molecular complexity index is 769. The van der Waals surface area contributed by atoms with E-state index in [2.05, 4.69) is 10.6 Å². The second-order valence-electron chi connectivity index (χ2n) is 5.30. The normalized spacial score (nSPS) is 12.3. The Morgan fingerprint density at radius 2 is 1.88 bits per heavy atom. The standard InChI is InChI=1S/C19H22N4O2/c1-22-18(16-5-3-4-6-17(16)25-2)19(24)23-15-9-7-13(8-10-15)14(11-20)12-21/h3-12,18,20,22H,21H2,1-2H3,(H,23,24)/b14-12+,20-11?. The predicted octanol–water partition coefficient (Wildman–Crippen LogP) is 2.54. The number of likely N-dealkylation sites (N-methyl/N-ethyl adjacent to an activating group) is 1. The molecule has 0 aliphatic heterocycles. The molecule has 130 valence electrons. The van der Waals surface area contributed by atoms with Crippen LogP contribution in [0.4, 0.5) is 5.69 Å². The summed E-state index contributed by atoms with van der Waals surface area (Å²) in [5, 5.41) is 13.2. The van der Waals surface area contributed by atoms with Crippen LogP contribution in [0.2, 0.25) is 0 Å². The molecule has 1 unspecified atom stereocenters. The van der Waals surface area contributed by atoms with Crippen molar-refractivity contribution in [1.82, 2.24) is 5.32 Å². The maximum atomic E-state index is 12.6. The quantitative estimate of drug-likeness (QED) is 0.583. The number of anilines is 1. The number of carbonyl (C=O) groups is 1. The van der Waals surface area contributed by atoms with Crippen molar-refractivity contribution in [2.45, 2.75) is 6.04 Å². The minimum atomic E-state index is -0.545. The van der Waals surface area contributed by atoms with E-state index in [4.69, 9.17) is 15.9 Å². The van der Waals surface area contributed by atoms with Crippen LogP contribution in [0.1, 0.15) is 17.2 Å². The summed E-state index contributed by atoms with van der Waals surface area (Å²) < 4.78 is 5.34. The summed E-state index contributed by atoms with van der Waals surface area (Å²) in [6.45, 7) is 0. The number of hydrogen-bond donors (Lipinski definition) is 4. The van der Waals surface area contributed by atoms with Gasteiger partial charge in [-0.3, -0.25) is 4.79 Å². The van der Waals surface area contributed by atoms with Crippen molar-refractivity contribution >= 4 is 23.4 Å². The molecule has 6 heteroatoms. The highest BCUT2D eigenvalue weighted by atomic mass is 16.5. The van der Waals surface area contributed by atoms with Gasteiger partial charge in [-0.05, 0) is 30.8 Å². The Morgan fingerprint density at radius 3 is 2.44 bits per heavy atom. The van der Waals surface area contributed by atoms with Gasteiger partial charge in [-0.2, -0.15) is 0 Å². The monoisotopic (exact) mass is 338 g/mol. The summed E-state index contributed by atoms with van der Waals surface area (Å²) in [4.78, 5) is 12.6. The third-order valence-corrected chi connectivity index (χ3v) is 3.82. The maximum Gasteiger partial charge on any atom is 0.246 e. The van der Waals surface area contributed by atoms with Gasteiger partial charge in [0.2, 0.25) is 5.91 Å². The maximum absolute atomic E-state index is 12.6. The molecule has 0 aromatic heterocycles.